The third-order valence-electron chi connectivity index (χ3n) is 4.70. The smallest absolute Gasteiger partial charge is 0.295 e. The Bertz CT molecular complexity index is 921. The molecule has 1 aliphatic rings. The first-order valence-electron chi connectivity index (χ1n) is 9.24. The predicted molar refractivity (Wildman–Crippen MR) is 110 cm³/mol. The van der Waals surface area contributed by atoms with Crippen molar-refractivity contribution in [1.29, 1.82) is 0 Å². The predicted octanol–water partition coefficient (Wildman–Crippen LogP) is 3.81. The van der Waals surface area contributed by atoms with Gasteiger partial charge in [-0.25, -0.2) is 0 Å². The second-order valence-electron chi connectivity index (χ2n) is 6.49. The lowest BCUT2D eigenvalue weighted by atomic mass is 9.95. The van der Waals surface area contributed by atoms with E-state index < -0.39 is 17.7 Å². The van der Waals surface area contributed by atoms with Crippen LogP contribution in [-0.4, -0.2) is 48.6 Å². The molecule has 152 valence electrons. The second kappa shape index (κ2) is 9.11. The molecule has 3 rings (SSSR count). The van der Waals surface area contributed by atoms with E-state index in [1.165, 1.54) is 12.0 Å². The number of aliphatic hydroxyl groups excluding tert-OH is 1. The fourth-order valence-corrected chi connectivity index (χ4v) is 3.45. The number of likely N-dealkylation sites (tertiary alicyclic amines) is 1. The molecule has 7 heteroatoms. The Hall–Kier alpha value is -2.83. The number of benzene rings is 2. The summed E-state index contributed by atoms with van der Waals surface area (Å²) in [5.41, 5.74) is 1.15. The van der Waals surface area contributed by atoms with Crippen molar-refractivity contribution < 1.29 is 24.2 Å². The van der Waals surface area contributed by atoms with Crippen LogP contribution in [0.5, 0.6) is 5.75 Å². The fourth-order valence-electron chi connectivity index (χ4n) is 3.32. The molecule has 1 saturated heterocycles. The monoisotopic (exact) mass is 415 g/mol. The van der Waals surface area contributed by atoms with Gasteiger partial charge in [0.1, 0.15) is 11.5 Å². The molecule has 6 nitrogen and oxygen atoms in total. The van der Waals surface area contributed by atoms with Crippen LogP contribution in [0.4, 0.5) is 0 Å². The lowest BCUT2D eigenvalue weighted by Crippen LogP contribution is -2.32. The molecule has 1 aliphatic heterocycles. The maximum atomic E-state index is 12.8. The quantitative estimate of drug-likeness (QED) is 0.423. The topological polar surface area (TPSA) is 76.1 Å². The number of ether oxygens (including phenoxy) is 2. The SMILES string of the molecule is CCOc1ccc(/C(O)=C2\C(=O)C(=O)N(CCOC)[C@H]2c2ccc(Cl)cc2)cc1. The van der Waals surface area contributed by atoms with Gasteiger partial charge in [0.25, 0.3) is 11.7 Å². The zero-order valence-corrected chi connectivity index (χ0v) is 17.0. The molecule has 0 spiro atoms. The second-order valence-corrected chi connectivity index (χ2v) is 6.93. The van der Waals surface area contributed by atoms with E-state index in [0.717, 1.165) is 0 Å². The van der Waals surface area contributed by atoms with Crippen LogP contribution < -0.4 is 4.74 Å². The largest absolute Gasteiger partial charge is 0.507 e. The molecule has 0 saturated carbocycles. The van der Waals surface area contributed by atoms with Gasteiger partial charge in [-0.15, -0.1) is 0 Å². The summed E-state index contributed by atoms with van der Waals surface area (Å²) in [6, 6.07) is 12.8. The van der Waals surface area contributed by atoms with Crippen LogP contribution in [0.1, 0.15) is 24.1 Å². The summed E-state index contributed by atoms with van der Waals surface area (Å²) < 4.78 is 10.5. The van der Waals surface area contributed by atoms with Gasteiger partial charge >= 0.3 is 0 Å². The highest BCUT2D eigenvalue weighted by Gasteiger charge is 2.45. The highest BCUT2D eigenvalue weighted by Crippen LogP contribution is 2.39. The number of aliphatic hydroxyl groups is 1. The van der Waals surface area contributed by atoms with Crippen molar-refractivity contribution in [3.05, 3.63) is 70.3 Å². The van der Waals surface area contributed by atoms with Crippen LogP contribution >= 0.6 is 11.6 Å². The number of rotatable bonds is 7. The summed E-state index contributed by atoms with van der Waals surface area (Å²) in [7, 11) is 1.52. The first-order valence-corrected chi connectivity index (χ1v) is 9.61. The molecular formula is C22H22ClNO5. The van der Waals surface area contributed by atoms with E-state index in [9.17, 15) is 14.7 Å². The first kappa shape index (κ1) is 20.9. The Morgan fingerprint density at radius 1 is 1.10 bits per heavy atom. The summed E-state index contributed by atoms with van der Waals surface area (Å²) in [4.78, 5) is 26.9. The molecular weight excluding hydrogens is 394 g/mol. The van der Waals surface area contributed by atoms with Gasteiger partial charge in [0.05, 0.1) is 24.8 Å². The number of nitrogens with zero attached hydrogens (tertiary/aromatic N) is 1. The number of hydrogen-bond donors (Lipinski definition) is 1. The molecule has 1 fully saturated rings. The van der Waals surface area contributed by atoms with Crippen LogP contribution in [-0.2, 0) is 14.3 Å². The lowest BCUT2D eigenvalue weighted by Gasteiger charge is -2.25. The van der Waals surface area contributed by atoms with Crippen molar-refractivity contribution in [3.63, 3.8) is 0 Å². The normalized spacial score (nSPS) is 18.3. The van der Waals surface area contributed by atoms with Crippen LogP contribution in [0, 0.1) is 0 Å². The number of halogens is 1. The van der Waals surface area contributed by atoms with Crippen LogP contribution in [0.2, 0.25) is 5.02 Å². The summed E-state index contributed by atoms with van der Waals surface area (Å²) in [5.74, 6) is -0.980. The summed E-state index contributed by atoms with van der Waals surface area (Å²) >= 11 is 5.99. The van der Waals surface area contributed by atoms with Crippen molar-refractivity contribution in [2.45, 2.75) is 13.0 Å². The zero-order chi connectivity index (χ0) is 21.0. The highest BCUT2D eigenvalue weighted by atomic mass is 35.5. The molecule has 1 N–H and O–H groups in total. The Morgan fingerprint density at radius 3 is 2.34 bits per heavy atom. The van der Waals surface area contributed by atoms with E-state index in [4.69, 9.17) is 21.1 Å². The number of methoxy groups -OCH3 is 1. The summed E-state index contributed by atoms with van der Waals surface area (Å²) in [6.07, 6.45) is 0. The molecule has 1 amide bonds. The molecule has 0 aromatic heterocycles. The van der Waals surface area contributed by atoms with Gasteiger partial charge in [-0.05, 0) is 48.9 Å². The van der Waals surface area contributed by atoms with Gasteiger partial charge in [-0.3, -0.25) is 9.59 Å². The molecule has 1 heterocycles. The molecule has 2 aromatic rings. The first-order chi connectivity index (χ1) is 14.0. The van der Waals surface area contributed by atoms with Crippen LogP contribution in [0.15, 0.2) is 54.1 Å². The average Bonchev–Trinajstić information content (AvgIpc) is 2.98. The molecule has 0 radical (unpaired) electrons. The number of Topliss-reactive ketones (excluding diaryl/α,β-unsaturated/α-hetero) is 1. The van der Waals surface area contributed by atoms with Crippen molar-refractivity contribution in [2.75, 3.05) is 26.9 Å². The van der Waals surface area contributed by atoms with E-state index in [0.29, 0.717) is 28.5 Å². The number of hydrogen-bond acceptors (Lipinski definition) is 5. The lowest BCUT2D eigenvalue weighted by molar-refractivity contribution is -0.140. The minimum absolute atomic E-state index is 0.0394. The van der Waals surface area contributed by atoms with Gasteiger partial charge in [0.2, 0.25) is 0 Å². The Morgan fingerprint density at radius 2 is 1.76 bits per heavy atom. The number of amides is 1. The fraction of sp³-hybridized carbons (Fsp3) is 0.273. The third-order valence-corrected chi connectivity index (χ3v) is 4.95. The van der Waals surface area contributed by atoms with E-state index in [1.54, 1.807) is 48.5 Å². The Kier molecular flexibility index (Phi) is 6.56. The van der Waals surface area contributed by atoms with Gasteiger partial charge in [0, 0.05) is 24.2 Å². The maximum Gasteiger partial charge on any atom is 0.295 e. The van der Waals surface area contributed by atoms with E-state index >= 15 is 0 Å². The van der Waals surface area contributed by atoms with Gasteiger partial charge in [0.15, 0.2) is 0 Å². The van der Waals surface area contributed by atoms with Crippen LogP contribution in [0.25, 0.3) is 5.76 Å². The molecule has 0 unspecified atom stereocenters. The van der Waals surface area contributed by atoms with Crippen molar-refractivity contribution >= 4 is 29.1 Å². The van der Waals surface area contributed by atoms with Gasteiger partial charge in [-0.1, -0.05) is 23.7 Å². The van der Waals surface area contributed by atoms with Crippen molar-refractivity contribution in [1.82, 2.24) is 4.90 Å². The molecule has 1 atom stereocenters. The van der Waals surface area contributed by atoms with Crippen molar-refractivity contribution in [3.8, 4) is 5.75 Å². The number of carbonyl (C=O) groups excluding carboxylic acids is 2. The average molecular weight is 416 g/mol. The summed E-state index contributed by atoms with van der Waals surface area (Å²) in [6.45, 7) is 2.88. The van der Waals surface area contributed by atoms with E-state index in [1.807, 2.05) is 6.92 Å². The molecule has 29 heavy (non-hydrogen) atoms. The minimum Gasteiger partial charge on any atom is -0.507 e. The van der Waals surface area contributed by atoms with E-state index in [-0.39, 0.29) is 24.5 Å². The van der Waals surface area contributed by atoms with Crippen molar-refractivity contribution in [2.24, 2.45) is 0 Å². The standard InChI is InChI=1S/C22H22ClNO5/c1-3-29-17-10-6-15(7-11-17)20(25)18-19(14-4-8-16(23)9-5-14)24(12-13-28-2)22(27)21(18)26/h4-11,19,25H,3,12-13H2,1-2H3/b20-18+/t19-/m0/s1. The highest BCUT2D eigenvalue weighted by molar-refractivity contribution is 6.46. The number of ketones is 1. The third kappa shape index (κ3) is 4.28. The van der Waals surface area contributed by atoms with Crippen LogP contribution in [0.3, 0.4) is 0 Å². The maximum absolute atomic E-state index is 12.8. The Balaban J connectivity index is 2.09. The zero-order valence-electron chi connectivity index (χ0n) is 16.2. The molecule has 2 aromatic carbocycles. The number of carbonyl (C=O) groups is 2. The van der Waals surface area contributed by atoms with Gasteiger partial charge in [-0.2, -0.15) is 0 Å². The minimum atomic E-state index is -0.729. The molecule has 0 aliphatic carbocycles. The van der Waals surface area contributed by atoms with E-state index in [2.05, 4.69) is 0 Å². The molecule has 0 bridgehead atoms. The summed E-state index contributed by atoms with van der Waals surface area (Å²) in [5, 5.41) is 11.5. The van der Waals surface area contributed by atoms with Gasteiger partial charge < -0.3 is 19.5 Å². The Labute approximate surface area is 174 Å².